The van der Waals surface area contributed by atoms with Crippen LogP contribution in [0.1, 0.15) is 44.4 Å². The Kier molecular flexibility index (Phi) is 5.20. The molecule has 0 spiro atoms. The van der Waals surface area contributed by atoms with Crippen LogP contribution in [0.15, 0.2) is 12.1 Å². The molecule has 0 amide bonds. The van der Waals surface area contributed by atoms with Crippen LogP contribution in [0.2, 0.25) is 0 Å². The quantitative estimate of drug-likeness (QED) is 0.902. The van der Waals surface area contributed by atoms with E-state index in [1.54, 1.807) is 0 Å². The molecule has 1 atom stereocenters. The maximum absolute atomic E-state index is 4.80. The third kappa shape index (κ3) is 3.93. The highest BCUT2D eigenvalue weighted by Gasteiger charge is 2.15. The van der Waals surface area contributed by atoms with Crippen molar-refractivity contribution in [3.05, 3.63) is 23.4 Å². The second-order valence-corrected chi connectivity index (χ2v) is 5.72. The summed E-state index contributed by atoms with van der Waals surface area (Å²) in [5.41, 5.74) is 2.48. The average molecular weight is 261 g/mol. The highest BCUT2D eigenvalue weighted by molar-refractivity contribution is 5.41. The summed E-state index contributed by atoms with van der Waals surface area (Å²) in [5, 5.41) is 3.37. The minimum absolute atomic E-state index is 0.860. The van der Waals surface area contributed by atoms with E-state index in [0.29, 0.717) is 0 Å². The van der Waals surface area contributed by atoms with Gasteiger partial charge in [0.2, 0.25) is 0 Å². The number of rotatable bonds is 4. The largest absolute Gasteiger partial charge is 0.357 e. The molecule has 0 aromatic carbocycles. The van der Waals surface area contributed by atoms with Crippen LogP contribution in [0.25, 0.3) is 0 Å². The van der Waals surface area contributed by atoms with Gasteiger partial charge in [-0.05, 0) is 50.3 Å². The van der Waals surface area contributed by atoms with Crippen molar-refractivity contribution >= 4 is 5.82 Å². The van der Waals surface area contributed by atoms with Crippen molar-refractivity contribution in [1.82, 2.24) is 10.3 Å². The zero-order valence-corrected chi connectivity index (χ0v) is 12.6. The number of aromatic nitrogens is 1. The molecule has 1 aliphatic heterocycles. The molecular formula is C16H27N3. The van der Waals surface area contributed by atoms with Crippen molar-refractivity contribution < 1.29 is 0 Å². The molecule has 2 heterocycles. The van der Waals surface area contributed by atoms with Crippen LogP contribution in [-0.2, 0) is 6.54 Å². The summed E-state index contributed by atoms with van der Waals surface area (Å²) >= 11 is 0. The van der Waals surface area contributed by atoms with E-state index >= 15 is 0 Å². The minimum atomic E-state index is 0.860. The van der Waals surface area contributed by atoms with Crippen LogP contribution < -0.4 is 10.2 Å². The number of hydrogen-bond donors (Lipinski definition) is 1. The minimum Gasteiger partial charge on any atom is -0.357 e. The Bertz CT molecular complexity index is 403. The molecule has 1 aliphatic rings. The van der Waals surface area contributed by atoms with Crippen molar-refractivity contribution in [2.45, 2.75) is 46.6 Å². The normalized spacial score (nSPS) is 20.4. The predicted molar refractivity (Wildman–Crippen MR) is 81.6 cm³/mol. The van der Waals surface area contributed by atoms with Gasteiger partial charge in [-0.1, -0.05) is 19.9 Å². The Labute approximate surface area is 117 Å². The van der Waals surface area contributed by atoms with E-state index in [1.807, 2.05) is 0 Å². The highest BCUT2D eigenvalue weighted by atomic mass is 15.2. The van der Waals surface area contributed by atoms with Crippen molar-refractivity contribution in [2.75, 3.05) is 24.5 Å². The molecule has 2 rings (SSSR count). The lowest BCUT2D eigenvalue weighted by Crippen LogP contribution is -2.25. The number of aryl methyl sites for hydroxylation is 1. The highest BCUT2D eigenvalue weighted by Crippen LogP contribution is 2.22. The van der Waals surface area contributed by atoms with Crippen LogP contribution in [-0.4, -0.2) is 24.6 Å². The average Bonchev–Trinajstić information content (AvgIpc) is 2.62. The molecule has 3 nitrogen and oxygen atoms in total. The summed E-state index contributed by atoms with van der Waals surface area (Å²) in [4.78, 5) is 7.25. The fourth-order valence-corrected chi connectivity index (χ4v) is 2.69. The second kappa shape index (κ2) is 6.90. The fraction of sp³-hybridized carbons (Fsp3) is 0.688. The molecule has 1 aromatic heterocycles. The van der Waals surface area contributed by atoms with E-state index in [4.69, 9.17) is 4.98 Å². The zero-order chi connectivity index (χ0) is 13.7. The molecule has 0 radical (unpaired) electrons. The van der Waals surface area contributed by atoms with Gasteiger partial charge in [-0.15, -0.1) is 0 Å². The van der Waals surface area contributed by atoms with Crippen LogP contribution in [0.4, 0.5) is 5.82 Å². The molecule has 0 bridgehead atoms. The summed E-state index contributed by atoms with van der Waals surface area (Å²) in [7, 11) is 0. The van der Waals surface area contributed by atoms with Gasteiger partial charge in [-0.2, -0.15) is 0 Å². The van der Waals surface area contributed by atoms with Gasteiger partial charge in [0, 0.05) is 25.3 Å². The molecule has 1 unspecified atom stereocenters. The molecule has 106 valence electrons. The molecule has 1 fully saturated rings. The summed E-state index contributed by atoms with van der Waals surface area (Å²) in [5.74, 6) is 2.02. The molecule has 1 N–H and O–H groups in total. The Morgan fingerprint density at radius 1 is 1.32 bits per heavy atom. The standard InChI is InChI=1S/C16H27N3/c1-4-17-12-15-7-8-16(18-14(15)3)19-10-5-6-13(2)9-11-19/h7-8,13,17H,4-6,9-12H2,1-3H3. The van der Waals surface area contributed by atoms with Gasteiger partial charge < -0.3 is 10.2 Å². The maximum Gasteiger partial charge on any atom is 0.128 e. The van der Waals surface area contributed by atoms with E-state index in [-0.39, 0.29) is 0 Å². The topological polar surface area (TPSA) is 28.2 Å². The molecule has 1 aromatic rings. The lowest BCUT2D eigenvalue weighted by Gasteiger charge is -2.22. The molecule has 1 saturated heterocycles. The van der Waals surface area contributed by atoms with Crippen LogP contribution in [0.3, 0.4) is 0 Å². The summed E-state index contributed by atoms with van der Waals surface area (Å²) < 4.78 is 0. The lowest BCUT2D eigenvalue weighted by atomic mass is 10.0. The summed E-state index contributed by atoms with van der Waals surface area (Å²) in [6, 6.07) is 4.42. The van der Waals surface area contributed by atoms with E-state index < -0.39 is 0 Å². The number of anilines is 1. The van der Waals surface area contributed by atoms with Crippen molar-refractivity contribution in [1.29, 1.82) is 0 Å². The van der Waals surface area contributed by atoms with Crippen LogP contribution >= 0.6 is 0 Å². The third-order valence-electron chi connectivity index (χ3n) is 4.09. The van der Waals surface area contributed by atoms with Gasteiger partial charge in [0.25, 0.3) is 0 Å². The molecule has 19 heavy (non-hydrogen) atoms. The van der Waals surface area contributed by atoms with Crippen molar-refractivity contribution in [3.63, 3.8) is 0 Å². The number of pyridine rings is 1. The molecule has 0 saturated carbocycles. The Morgan fingerprint density at radius 3 is 2.89 bits per heavy atom. The van der Waals surface area contributed by atoms with E-state index in [9.17, 15) is 0 Å². The van der Waals surface area contributed by atoms with E-state index in [0.717, 1.165) is 43.6 Å². The number of nitrogens with zero attached hydrogens (tertiary/aromatic N) is 2. The van der Waals surface area contributed by atoms with Crippen molar-refractivity contribution in [3.8, 4) is 0 Å². The van der Waals surface area contributed by atoms with E-state index in [1.165, 1.54) is 24.8 Å². The van der Waals surface area contributed by atoms with Gasteiger partial charge in [0.05, 0.1) is 0 Å². The monoisotopic (exact) mass is 261 g/mol. The molecule has 0 aliphatic carbocycles. The molecule has 3 heteroatoms. The van der Waals surface area contributed by atoms with Crippen LogP contribution in [0, 0.1) is 12.8 Å². The second-order valence-electron chi connectivity index (χ2n) is 5.72. The first-order valence-corrected chi connectivity index (χ1v) is 7.63. The number of hydrogen-bond acceptors (Lipinski definition) is 3. The summed E-state index contributed by atoms with van der Waals surface area (Å²) in [6.07, 6.45) is 3.94. The SMILES string of the molecule is CCNCc1ccc(N2CCCC(C)CC2)nc1C. The van der Waals surface area contributed by atoms with Gasteiger partial charge in [0.15, 0.2) is 0 Å². The van der Waals surface area contributed by atoms with Crippen LogP contribution in [0.5, 0.6) is 0 Å². The first-order valence-electron chi connectivity index (χ1n) is 7.63. The Morgan fingerprint density at radius 2 is 2.16 bits per heavy atom. The number of nitrogens with one attached hydrogen (secondary N) is 1. The van der Waals surface area contributed by atoms with Gasteiger partial charge >= 0.3 is 0 Å². The Balaban J connectivity index is 2.06. The first kappa shape index (κ1) is 14.3. The first-order chi connectivity index (χ1) is 9.20. The zero-order valence-electron chi connectivity index (χ0n) is 12.6. The van der Waals surface area contributed by atoms with Gasteiger partial charge in [-0.25, -0.2) is 4.98 Å². The predicted octanol–water partition coefficient (Wildman–Crippen LogP) is 3.13. The van der Waals surface area contributed by atoms with E-state index in [2.05, 4.69) is 43.1 Å². The Hall–Kier alpha value is -1.09. The smallest absolute Gasteiger partial charge is 0.128 e. The summed E-state index contributed by atoms with van der Waals surface area (Å²) in [6.45, 7) is 10.9. The van der Waals surface area contributed by atoms with Gasteiger partial charge in [0.1, 0.15) is 5.82 Å². The lowest BCUT2D eigenvalue weighted by molar-refractivity contribution is 0.521. The van der Waals surface area contributed by atoms with Crippen molar-refractivity contribution in [2.24, 2.45) is 5.92 Å². The third-order valence-corrected chi connectivity index (χ3v) is 4.09. The molecular weight excluding hydrogens is 234 g/mol. The fourth-order valence-electron chi connectivity index (χ4n) is 2.69. The van der Waals surface area contributed by atoms with Gasteiger partial charge in [-0.3, -0.25) is 0 Å². The maximum atomic E-state index is 4.80.